The summed E-state index contributed by atoms with van der Waals surface area (Å²) in [5, 5.41) is 9.58. The molecule has 0 fully saturated rings. The van der Waals surface area contributed by atoms with Crippen molar-refractivity contribution in [2.75, 3.05) is 13.7 Å². The number of rotatable bonds is 4. The second-order valence-corrected chi connectivity index (χ2v) is 5.54. The van der Waals surface area contributed by atoms with Crippen molar-refractivity contribution in [3.63, 3.8) is 0 Å². The first-order valence-corrected chi connectivity index (χ1v) is 7.50. The molecule has 0 saturated carbocycles. The van der Waals surface area contributed by atoms with Gasteiger partial charge in [0.05, 0.1) is 13.2 Å². The molecule has 0 aliphatic carbocycles. The van der Waals surface area contributed by atoms with Gasteiger partial charge in [0.2, 0.25) is 0 Å². The van der Waals surface area contributed by atoms with Gasteiger partial charge in [0.25, 0.3) is 0 Å². The molecule has 1 atom stereocenters. The van der Waals surface area contributed by atoms with Crippen LogP contribution in [0.4, 0.5) is 4.79 Å². The molecule has 0 radical (unpaired) electrons. The standard InChI is InChI=1S/C18H19NO4/c1-22-16-7-8-17-14(10-16)9-15(12-23-17)19(18(20)21)11-13-5-3-2-4-6-13/h2-8,10,15H,9,11-12H2,1H3,(H,20,21). The zero-order valence-electron chi connectivity index (χ0n) is 12.9. The molecule has 23 heavy (non-hydrogen) atoms. The van der Waals surface area contributed by atoms with Crippen molar-refractivity contribution in [2.24, 2.45) is 0 Å². The summed E-state index contributed by atoms with van der Waals surface area (Å²) >= 11 is 0. The van der Waals surface area contributed by atoms with E-state index in [0.717, 1.165) is 22.6 Å². The fraction of sp³-hybridized carbons (Fsp3) is 0.278. The van der Waals surface area contributed by atoms with Crippen LogP contribution < -0.4 is 9.47 Å². The Balaban J connectivity index is 1.80. The summed E-state index contributed by atoms with van der Waals surface area (Å²) < 4.78 is 11.0. The SMILES string of the molecule is COc1ccc2c(c1)CC(N(Cc1ccccc1)C(=O)O)CO2. The van der Waals surface area contributed by atoms with Gasteiger partial charge in [0.15, 0.2) is 0 Å². The van der Waals surface area contributed by atoms with Crippen molar-refractivity contribution in [1.82, 2.24) is 4.90 Å². The molecule has 1 amide bonds. The lowest BCUT2D eigenvalue weighted by Gasteiger charge is -2.33. The van der Waals surface area contributed by atoms with Crippen molar-refractivity contribution >= 4 is 6.09 Å². The van der Waals surface area contributed by atoms with E-state index in [4.69, 9.17) is 9.47 Å². The predicted molar refractivity (Wildman–Crippen MR) is 86.0 cm³/mol. The predicted octanol–water partition coefficient (Wildman–Crippen LogP) is 3.18. The molecule has 0 saturated heterocycles. The summed E-state index contributed by atoms with van der Waals surface area (Å²) in [4.78, 5) is 13.1. The Kier molecular flexibility index (Phi) is 4.37. The third kappa shape index (κ3) is 3.39. The summed E-state index contributed by atoms with van der Waals surface area (Å²) in [6, 6.07) is 15.0. The second-order valence-electron chi connectivity index (χ2n) is 5.54. The number of amides is 1. The van der Waals surface area contributed by atoms with Crippen LogP contribution in [0.25, 0.3) is 0 Å². The fourth-order valence-electron chi connectivity index (χ4n) is 2.82. The van der Waals surface area contributed by atoms with Crippen molar-refractivity contribution in [2.45, 2.75) is 19.0 Å². The molecule has 2 aromatic rings. The maximum atomic E-state index is 11.7. The highest BCUT2D eigenvalue weighted by Gasteiger charge is 2.29. The largest absolute Gasteiger partial charge is 0.497 e. The first-order chi connectivity index (χ1) is 11.2. The lowest BCUT2D eigenvalue weighted by atomic mass is 10.0. The lowest BCUT2D eigenvalue weighted by Crippen LogP contribution is -2.45. The molecular weight excluding hydrogens is 294 g/mol. The van der Waals surface area contributed by atoms with Gasteiger partial charge in [0, 0.05) is 13.0 Å². The van der Waals surface area contributed by atoms with Crippen LogP contribution in [0.1, 0.15) is 11.1 Å². The number of carboxylic acid groups (broad SMARTS) is 1. The molecule has 1 N–H and O–H groups in total. The van der Waals surface area contributed by atoms with E-state index in [2.05, 4.69) is 0 Å². The van der Waals surface area contributed by atoms with Crippen molar-refractivity contribution in [3.8, 4) is 11.5 Å². The van der Waals surface area contributed by atoms with Gasteiger partial charge in [-0.3, -0.25) is 4.90 Å². The summed E-state index contributed by atoms with van der Waals surface area (Å²) in [7, 11) is 1.61. The van der Waals surface area contributed by atoms with E-state index < -0.39 is 6.09 Å². The molecule has 0 spiro atoms. The van der Waals surface area contributed by atoms with Crippen LogP contribution in [-0.2, 0) is 13.0 Å². The minimum Gasteiger partial charge on any atom is -0.497 e. The van der Waals surface area contributed by atoms with Gasteiger partial charge in [-0.1, -0.05) is 30.3 Å². The quantitative estimate of drug-likeness (QED) is 0.942. The Bertz CT molecular complexity index is 687. The Hall–Kier alpha value is -2.69. The van der Waals surface area contributed by atoms with Gasteiger partial charge in [0.1, 0.15) is 18.1 Å². The summed E-state index contributed by atoms with van der Waals surface area (Å²) in [5.74, 6) is 1.55. The minimum absolute atomic E-state index is 0.215. The van der Waals surface area contributed by atoms with Crippen LogP contribution in [0.2, 0.25) is 0 Å². The monoisotopic (exact) mass is 313 g/mol. The number of hydrogen-bond acceptors (Lipinski definition) is 3. The lowest BCUT2D eigenvalue weighted by molar-refractivity contribution is 0.0915. The van der Waals surface area contributed by atoms with E-state index in [1.54, 1.807) is 7.11 Å². The van der Waals surface area contributed by atoms with E-state index in [9.17, 15) is 9.90 Å². The van der Waals surface area contributed by atoms with Gasteiger partial charge in [-0.2, -0.15) is 0 Å². The molecule has 5 heteroatoms. The highest BCUT2D eigenvalue weighted by atomic mass is 16.5. The fourth-order valence-corrected chi connectivity index (χ4v) is 2.82. The van der Waals surface area contributed by atoms with E-state index in [1.807, 2.05) is 48.5 Å². The Morgan fingerprint density at radius 3 is 2.78 bits per heavy atom. The van der Waals surface area contributed by atoms with Crippen molar-refractivity contribution < 1.29 is 19.4 Å². The smallest absolute Gasteiger partial charge is 0.407 e. The average Bonchev–Trinajstić information content (AvgIpc) is 2.59. The maximum absolute atomic E-state index is 11.7. The normalized spacial score (nSPS) is 16.1. The summed E-state index contributed by atoms with van der Waals surface area (Å²) in [6.07, 6.45) is -0.320. The Labute approximate surface area is 135 Å². The highest BCUT2D eigenvalue weighted by Crippen LogP contribution is 2.30. The first-order valence-electron chi connectivity index (χ1n) is 7.50. The number of methoxy groups -OCH3 is 1. The van der Waals surface area contributed by atoms with E-state index >= 15 is 0 Å². The minimum atomic E-state index is -0.936. The molecule has 120 valence electrons. The number of fused-ring (bicyclic) bond motifs is 1. The van der Waals surface area contributed by atoms with Crippen LogP contribution in [0.5, 0.6) is 11.5 Å². The summed E-state index contributed by atoms with van der Waals surface area (Å²) in [5.41, 5.74) is 1.94. The zero-order valence-corrected chi connectivity index (χ0v) is 12.9. The zero-order chi connectivity index (χ0) is 16.2. The number of hydrogen-bond donors (Lipinski definition) is 1. The average molecular weight is 313 g/mol. The van der Waals surface area contributed by atoms with Crippen LogP contribution in [-0.4, -0.2) is 35.9 Å². The van der Waals surface area contributed by atoms with Gasteiger partial charge < -0.3 is 14.6 Å². The third-order valence-electron chi connectivity index (χ3n) is 4.04. The van der Waals surface area contributed by atoms with Crippen LogP contribution in [0.3, 0.4) is 0 Å². The molecule has 1 aliphatic rings. The van der Waals surface area contributed by atoms with Crippen molar-refractivity contribution in [3.05, 3.63) is 59.7 Å². The van der Waals surface area contributed by atoms with E-state index in [0.29, 0.717) is 19.6 Å². The van der Waals surface area contributed by atoms with E-state index in [-0.39, 0.29) is 6.04 Å². The van der Waals surface area contributed by atoms with Crippen LogP contribution >= 0.6 is 0 Å². The van der Waals surface area contributed by atoms with Crippen molar-refractivity contribution in [1.29, 1.82) is 0 Å². The van der Waals surface area contributed by atoms with E-state index in [1.165, 1.54) is 4.90 Å². The molecule has 0 bridgehead atoms. The van der Waals surface area contributed by atoms with Crippen LogP contribution in [0.15, 0.2) is 48.5 Å². The molecule has 5 nitrogen and oxygen atoms in total. The molecule has 1 aliphatic heterocycles. The summed E-state index contributed by atoms with van der Waals surface area (Å²) in [6.45, 7) is 0.710. The molecule has 1 heterocycles. The molecule has 0 aromatic heterocycles. The molecule has 2 aromatic carbocycles. The maximum Gasteiger partial charge on any atom is 0.407 e. The highest BCUT2D eigenvalue weighted by molar-refractivity contribution is 5.65. The Morgan fingerprint density at radius 2 is 2.09 bits per heavy atom. The van der Waals surface area contributed by atoms with Gasteiger partial charge in [-0.15, -0.1) is 0 Å². The van der Waals surface area contributed by atoms with Crippen LogP contribution in [0, 0.1) is 0 Å². The first kappa shape index (κ1) is 15.2. The van der Waals surface area contributed by atoms with Gasteiger partial charge >= 0.3 is 6.09 Å². The molecular formula is C18H19NO4. The number of nitrogens with zero attached hydrogens (tertiary/aromatic N) is 1. The van der Waals surface area contributed by atoms with Gasteiger partial charge in [-0.05, 0) is 29.3 Å². The molecule has 1 unspecified atom stereocenters. The number of benzene rings is 2. The number of carbonyl (C=O) groups is 1. The Morgan fingerprint density at radius 1 is 1.30 bits per heavy atom. The molecule has 3 rings (SSSR count). The van der Waals surface area contributed by atoms with Gasteiger partial charge in [-0.25, -0.2) is 4.79 Å². The third-order valence-corrected chi connectivity index (χ3v) is 4.04. The second kappa shape index (κ2) is 6.60. The number of ether oxygens (including phenoxy) is 2. The topological polar surface area (TPSA) is 59.0 Å².